The molecule has 0 bridgehead atoms. The van der Waals surface area contributed by atoms with E-state index in [1.807, 2.05) is 0 Å². The molecule has 28 heavy (non-hydrogen) atoms. The highest BCUT2D eigenvalue weighted by Gasteiger charge is 2.19. The van der Waals surface area contributed by atoms with E-state index in [9.17, 15) is 18.0 Å². The number of aryl methyl sites for hydroxylation is 2. The number of carbonyl (C=O) groups excluding carboxylic acids is 1. The van der Waals surface area contributed by atoms with Gasteiger partial charge in [0.15, 0.2) is 0 Å². The Morgan fingerprint density at radius 3 is 2.50 bits per heavy atom. The Labute approximate surface area is 166 Å². The normalized spacial score (nSPS) is 11.5. The van der Waals surface area contributed by atoms with Gasteiger partial charge in [0.2, 0.25) is 10.0 Å². The quantitative estimate of drug-likeness (QED) is 0.637. The predicted octanol–water partition coefficient (Wildman–Crippen LogP) is 2.71. The van der Waals surface area contributed by atoms with Crippen LogP contribution in [0.15, 0.2) is 35.4 Å². The van der Waals surface area contributed by atoms with Crippen LogP contribution in [0.4, 0.5) is 11.4 Å². The van der Waals surface area contributed by atoms with Crippen LogP contribution < -0.4 is 15.6 Å². The molecule has 0 fully saturated rings. The maximum absolute atomic E-state index is 12.7. The van der Waals surface area contributed by atoms with Crippen LogP contribution in [0.25, 0.3) is 10.2 Å². The molecular formula is C18H20N4O4S2. The van der Waals surface area contributed by atoms with Gasteiger partial charge in [0, 0.05) is 18.4 Å². The number of nitrogens with one attached hydrogen (secondary N) is 2. The number of fused-ring (bicyclic) bond motifs is 1. The van der Waals surface area contributed by atoms with E-state index in [1.165, 1.54) is 10.9 Å². The van der Waals surface area contributed by atoms with Crippen molar-refractivity contribution in [2.45, 2.75) is 20.3 Å². The third-order valence-corrected chi connectivity index (χ3v) is 6.80. The first-order valence-corrected chi connectivity index (χ1v) is 11.1. The number of sulfonamides is 1. The number of rotatable bonds is 6. The lowest BCUT2D eigenvalue weighted by Gasteiger charge is -2.09. The summed E-state index contributed by atoms with van der Waals surface area (Å²) in [5.74, 6) is -0.300. The predicted molar refractivity (Wildman–Crippen MR) is 112 cm³/mol. The standard InChI is InChI=1S/C18H20N4O4S2/c1-4-9-28(25,26)21-13-7-5-12(6-8-13)20-16(23)15-11(2)14-17(27-15)19-10-22(3)18(14)24/h5-8,10,21H,4,9H2,1-3H3,(H,20,23). The molecule has 2 N–H and O–H groups in total. The molecule has 3 rings (SSSR count). The summed E-state index contributed by atoms with van der Waals surface area (Å²) in [5.41, 5.74) is 1.34. The number of aromatic nitrogens is 2. The van der Waals surface area contributed by atoms with Gasteiger partial charge in [0.25, 0.3) is 11.5 Å². The summed E-state index contributed by atoms with van der Waals surface area (Å²) in [7, 11) is -1.75. The van der Waals surface area contributed by atoms with E-state index in [0.29, 0.717) is 38.5 Å². The molecule has 3 aromatic rings. The minimum atomic E-state index is -3.37. The van der Waals surface area contributed by atoms with Gasteiger partial charge in [0.1, 0.15) is 4.83 Å². The van der Waals surface area contributed by atoms with Gasteiger partial charge in [-0.05, 0) is 43.2 Å². The van der Waals surface area contributed by atoms with Crippen LogP contribution in [0.2, 0.25) is 0 Å². The molecule has 2 aromatic heterocycles. The molecule has 0 aliphatic rings. The zero-order valence-electron chi connectivity index (χ0n) is 15.6. The lowest BCUT2D eigenvalue weighted by Crippen LogP contribution is -2.17. The monoisotopic (exact) mass is 420 g/mol. The summed E-state index contributed by atoms with van der Waals surface area (Å²) in [6.45, 7) is 3.52. The van der Waals surface area contributed by atoms with Crippen LogP contribution in [0.1, 0.15) is 28.6 Å². The molecule has 0 spiro atoms. The summed E-state index contributed by atoms with van der Waals surface area (Å²) >= 11 is 1.16. The highest BCUT2D eigenvalue weighted by molar-refractivity contribution is 7.92. The molecule has 1 aromatic carbocycles. The van der Waals surface area contributed by atoms with Crippen molar-refractivity contribution in [2.24, 2.45) is 7.05 Å². The van der Waals surface area contributed by atoms with E-state index in [0.717, 1.165) is 11.3 Å². The SMILES string of the molecule is CCCS(=O)(=O)Nc1ccc(NC(=O)c2sc3ncn(C)c(=O)c3c2C)cc1. The van der Waals surface area contributed by atoms with Crippen molar-refractivity contribution in [2.75, 3.05) is 15.8 Å². The van der Waals surface area contributed by atoms with E-state index in [4.69, 9.17) is 0 Å². The van der Waals surface area contributed by atoms with Crippen molar-refractivity contribution in [3.8, 4) is 0 Å². The summed E-state index contributed by atoms with van der Waals surface area (Å²) in [4.78, 5) is 30.1. The van der Waals surface area contributed by atoms with Crippen molar-refractivity contribution in [3.63, 3.8) is 0 Å². The number of benzene rings is 1. The molecule has 0 atom stereocenters. The van der Waals surface area contributed by atoms with E-state index in [-0.39, 0.29) is 17.2 Å². The molecule has 10 heteroatoms. The number of hydrogen-bond acceptors (Lipinski definition) is 6. The Bertz CT molecular complexity index is 1190. The van der Waals surface area contributed by atoms with Gasteiger partial charge in [-0.15, -0.1) is 11.3 Å². The number of hydrogen-bond donors (Lipinski definition) is 2. The Kier molecular flexibility index (Phi) is 5.52. The van der Waals surface area contributed by atoms with Gasteiger partial charge in [-0.2, -0.15) is 0 Å². The summed E-state index contributed by atoms with van der Waals surface area (Å²) in [6, 6.07) is 6.39. The first-order valence-electron chi connectivity index (χ1n) is 8.58. The van der Waals surface area contributed by atoms with Gasteiger partial charge in [-0.3, -0.25) is 14.3 Å². The summed E-state index contributed by atoms with van der Waals surface area (Å²) in [6.07, 6.45) is 1.95. The lowest BCUT2D eigenvalue weighted by atomic mass is 10.2. The fourth-order valence-electron chi connectivity index (χ4n) is 2.73. The smallest absolute Gasteiger partial charge is 0.266 e. The zero-order valence-corrected chi connectivity index (χ0v) is 17.3. The van der Waals surface area contributed by atoms with E-state index < -0.39 is 10.0 Å². The molecule has 0 aliphatic carbocycles. The Morgan fingerprint density at radius 2 is 1.86 bits per heavy atom. The van der Waals surface area contributed by atoms with Gasteiger partial charge in [-0.1, -0.05) is 6.92 Å². The van der Waals surface area contributed by atoms with Gasteiger partial charge >= 0.3 is 0 Å². The average molecular weight is 421 g/mol. The fourth-order valence-corrected chi connectivity index (χ4v) is 4.90. The largest absolute Gasteiger partial charge is 0.321 e. The van der Waals surface area contributed by atoms with E-state index >= 15 is 0 Å². The topological polar surface area (TPSA) is 110 Å². The fraction of sp³-hybridized carbons (Fsp3) is 0.278. The van der Waals surface area contributed by atoms with Gasteiger partial charge < -0.3 is 9.88 Å². The highest BCUT2D eigenvalue weighted by Crippen LogP contribution is 2.27. The minimum absolute atomic E-state index is 0.0458. The second-order valence-electron chi connectivity index (χ2n) is 6.35. The summed E-state index contributed by atoms with van der Waals surface area (Å²) < 4.78 is 27.5. The molecule has 0 unspecified atom stereocenters. The van der Waals surface area contributed by atoms with Crippen molar-refractivity contribution in [1.82, 2.24) is 9.55 Å². The average Bonchev–Trinajstić information content (AvgIpc) is 2.97. The number of thiophene rings is 1. The minimum Gasteiger partial charge on any atom is -0.321 e. The Morgan fingerprint density at radius 1 is 1.21 bits per heavy atom. The number of nitrogens with zero attached hydrogens (tertiary/aromatic N) is 2. The molecule has 0 radical (unpaired) electrons. The number of anilines is 2. The molecule has 0 aliphatic heterocycles. The molecule has 148 valence electrons. The zero-order chi connectivity index (χ0) is 20.5. The van der Waals surface area contributed by atoms with E-state index in [2.05, 4.69) is 15.0 Å². The van der Waals surface area contributed by atoms with Crippen LogP contribution in [0.5, 0.6) is 0 Å². The van der Waals surface area contributed by atoms with Crippen LogP contribution in [-0.2, 0) is 17.1 Å². The number of carbonyl (C=O) groups is 1. The molecular weight excluding hydrogens is 400 g/mol. The first kappa shape index (κ1) is 20.0. The first-order chi connectivity index (χ1) is 13.2. The van der Waals surface area contributed by atoms with Crippen molar-refractivity contribution < 1.29 is 13.2 Å². The second kappa shape index (κ2) is 7.72. The van der Waals surface area contributed by atoms with Gasteiger partial charge in [0.05, 0.1) is 22.3 Å². The van der Waals surface area contributed by atoms with Crippen LogP contribution in [0, 0.1) is 6.92 Å². The van der Waals surface area contributed by atoms with Crippen molar-refractivity contribution in [1.29, 1.82) is 0 Å². The Balaban J connectivity index is 1.80. The summed E-state index contributed by atoms with van der Waals surface area (Å²) in [5, 5.41) is 3.21. The third kappa shape index (κ3) is 4.07. The Hall–Kier alpha value is -2.72. The lowest BCUT2D eigenvalue weighted by molar-refractivity contribution is 0.103. The van der Waals surface area contributed by atoms with Crippen molar-refractivity contribution >= 4 is 48.9 Å². The van der Waals surface area contributed by atoms with Crippen LogP contribution >= 0.6 is 11.3 Å². The third-order valence-electron chi connectivity index (χ3n) is 4.11. The molecule has 8 nitrogen and oxygen atoms in total. The van der Waals surface area contributed by atoms with Gasteiger partial charge in [-0.25, -0.2) is 13.4 Å². The molecule has 0 saturated heterocycles. The molecule has 0 saturated carbocycles. The van der Waals surface area contributed by atoms with E-state index in [1.54, 1.807) is 45.2 Å². The molecule has 1 amide bonds. The maximum atomic E-state index is 12.7. The number of amides is 1. The van der Waals surface area contributed by atoms with Crippen molar-refractivity contribution in [3.05, 3.63) is 51.4 Å². The second-order valence-corrected chi connectivity index (χ2v) is 9.19. The maximum Gasteiger partial charge on any atom is 0.266 e. The van der Waals surface area contributed by atoms with Crippen LogP contribution in [0.3, 0.4) is 0 Å². The van der Waals surface area contributed by atoms with Crippen LogP contribution in [-0.4, -0.2) is 29.6 Å². The molecule has 2 heterocycles. The highest BCUT2D eigenvalue weighted by atomic mass is 32.2.